The Morgan fingerprint density at radius 3 is 2.67 bits per heavy atom. The highest BCUT2D eigenvalue weighted by molar-refractivity contribution is 6.42. The van der Waals surface area contributed by atoms with Crippen LogP contribution in [0.25, 0.3) is 0 Å². The Labute approximate surface area is 168 Å². The first-order chi connectivity index (χ1) is 13.1. The van der Waals surface area contributed by atoms with Gasteiger partial charge in [0.25, 0.3) is 5.91 Å². The number of halogens is 2. The summed E-state index contributed by atoms with van der Waals surface area (Å²) in [7, 11) is 0. The van der Waals surface area contributed by atoms with Crippen LogP contribution in [-0.2, 0) is 0 Å². The van der Waals surface area contributed by atoms with Crippen LogP contribution < -0.4 is 4.74 Å². The van der Waals surface area contributed by atoms with Gasteiger partial charge in [0.05, 0.1) is 10.0 Å². The van der Waals surface area contributed by atoms with Crippen LogP contribution in [0.2, 0.25) is 10.0 Å². The third kappa shape index (κ3) is 4.54. The van der Waals surface area contributed by atoms with Crippen LogP contribution >= 0.6 is 23.2 Å². The maximum atomic E-state index is 12.9. The number of carbonyl (C=O) groups is 1. The average Bonchev–Trinajstić information content (AvgIpc) is 3.50. The topological polar surface area (TPSA) is 45.7 Å². The van der Waals surface area contributed by atoms with E-state index >= 15 is 0 Å². The molecule has 4 rings (SSSR count). The number of carbonyl (C=O) groups excluding carboxylic acids is 1. The van der Waals surface area contributed by atoms with Crippen molar-refractivity contribution in [1.82, 2.24) is 14.8 Å². The maximum absolute atomic E-state index is 12.9. The number of amides is 1. The third-order valence-corrected chi connectivity index (χ3v) is 5.68. The molecule has 0 unspecified atom stereocenters. The number of ether oxygens (including phenoxy) is 1. The van der Waals surface area contributed by atoms with Crippen LogP contribution in [-0.4, -0.2) is 52.9 Å². The summed E-state index contributed by atoms with van der Waals surface area (Å²) in [6.07, 6.45) is 3.59. The van der Waals surface area contributed by atoms with E-state index in [9.17, 15) is 4.79 Å². The molecule has 1 aromatic heterocycles. The summed E-state index contributed by atoms with van der Waals surface area (Å²) in [6.45, 7) is 3.52. The van der Waals surface area contributed by atoms with E-state index in [0.717, 1.165) is 38.6 Å². The second kappa shape index (κ2) is 8.05. The molecule has 142 valence electrons. The number of hydrogen-bond donors (Lipinski definition) is 0. The van der Waals surface area contributed by atoms with Gasteiger partial charge in [0.2, 0.25) is 5.88 Å². The largest absolute Gasteiger partial charge is 0.439 e. The normalized spacial score (nSPS) is 18.2. The lowest BCUT2D eigenvalue weighted by molar-refractivity contribution is 0.0754. The summed E-state index contributed by atoms with van der Waals surface area (Å²) in [5, 5.41) is 0.869. The van der Waals surface area contributed by atoms with Crippen molar-refractivity contribution in [1.29, 1.82) is 0 Å². The molecule has 1 aliphatic carbocycles. The summed E-state index contributed by atoms with van der Waals surface area (Å²) >= 11 is 11.9. The van der Waals surface area contributed by atoms with Gasteiger partial charge in [-0.25, -0.2) is 4.98 Å². The van der Waals surface area contributed by atoms with E-state index in [4.69, 9.17) is 27.9 Å². The van der Waals surface area contributed by atoms with Gasteiger partial charge >= 0.3 is 0 Å². The SMILES string of the molecule is O=C(c1cccc(Oc2ccc(Cl)c(Cl)c2)n1)N1CCCN(C2CC2)CC1. The van der Waals surface area contributed by atoms with Crippen molar-refractivity contribution in [3.63, 3.8) is 0 Å². The molecule has 1 amide bonds. The Morgan fingerprint density at radius 2 is 1.89 bits per heavy atom. The molecule has 2 fully saturated rings. The zero-order valence-electron chi connectivity index (χ0n) is 14.9. The number of nitrogens with zero attached hydrogens (tertiary/aromatic N) is 3. The van der Waals surface area contributed by atoms with Crippen LogP contribution in [0.5, 0.6) is 11.6 Å². The van der Waals surface area contributed by atoms with Gasteiger partial charge in [0, 0.05) is 44.4 Å². The Bertz CT molecular complexity index is 842. The van der Waals surface area contributed by atoms with Crippen LogP contribution in [0.15, 0.2) is 36.4 Å². The fourth-order valence-electron chi connectivity index (χ4n) is 3.36. The predicted octanol–water partition coefficient (Wildman–Crippen LogP) is 4.49. The standard InChI is InChI=1S/C20H21Cl2N3O2/c21-16-8-7-15(13-17(16)22)27-19-4-1-3-18(23-19)20(26)25-10-2-9-24(11-12-25)14-5-6-14/h1,3-4,7-8,13-14H,2,5-6,9-12H2. The quantitative estimate of drug-likeness (QED) is 0.751. The zero-order valence-corrected chi connectivity index (χ0v) is 16.4. The lowest BCUT2D eigenvalue weighted by Crippen LogP contribution is -2.36. The van der Waals surface area contributed by atoms with Crippen LogP contribution in [0.1, 0.15) is 29.8 Å². The first kappa shape index (κ1) is 18.5. The number of benzene rings is 1. The Kier molecular flexibility index (Phi) is 5.53. The smallest absolute Gasteiger partial charge is 0.272 e. The summed E-state index contributed by atoms with van der Waals surface area (Å²) in [4.78, 5) is 21.7. The molecule has 1 saturated heterocycles. The van der Waals surface area contributed by atoms with Crippen LogP contribution in [0.3, 0.4) is 0 Å². The minimum atomic E-state index is -0.0489. The number of rotatable bonds is 4. The molecule has 2 aromatic rings. The molecule has 0 spiro atoms. The molecule has 0 radical (unpaired) electrons. The molecule has 27 heavy (non-hydrogen) atoms. The van der Waals surface area contributed by atoms with Gasteiger partial charge in [0.1, 0.15) is 11.4 Å². The lowest BCUT2D eigenvalue weighted by atomic mass is 10.3. The molecule has 1 aromatic carbocycles. The molecule has 7 heteroatoms. The van der Waals surface area contributed by atoms with E-state index in [2.05, 4.69) is 9.88 Å². The molecule has 1 aliphatic heterocycles. The maximum Gasteiger partial charge on any atom is 0.272 e. The van der Waals surface area contributed by atoms with Gasteiger partial charge in [-0.1, -0.05) is 29.3 Å². The minimum Gasteiger partial charge on any atom is -0.439 e. The van der Waals surface area contributed by atoms with Gasteiger partial charge in [-0.3, -0.25) is 9.69 Å². The van der Waals surface area contributed by atoms with Gasteiger partial charge in [-0.05, 0) is 37.5 Å². The molecule has 0 atom stereocenters. The predicted molar refractivity (Wildman–Crippen MR) is 106 cm³/mol. The third-order valence-electron chi connectivity index (χ3n) is 4.94. The molecule has 2 heterocycles. The van der Waals surface area contributed by atoms with Crippen LogP contribution in [0.4, 0.5) is 0 Å². The minimum absolute atomic E-state index is 0.0489. The summed E-state index contributed by atoms with van der Waals surface area (Å²) in [6, 6.07) is 11.0. The first-order valence-electron chi connectivity index (χ1n) is 9.23. The van der Waals surface area contributed by atoms with Crippen molar-refractivity contribution in [2.75, 3.05) is 26.2 Å². The molecule has 1 saturated carbocycles. The fraction of sp³-hybridized carbons (Fsp3) is 0.400. The molecular weight excluding hydrogens is 385 g/mol. The van der Waals surface area contributed by atoms with Crippen molar-refractivity contribution in [2.24, 2.45) is 0 Å². The van der Waals surface area contributed by atoms with E-state index in [1.807, 2.05) is 4.90 Å². The summed E-state index contributed by atoms with van der Waals surface area (Å²) in [5.74, 6) is 0.831. The first-order valence-corrected chi connectivity index (χ1v) is 9.99. The second-order valence-corrected chi connectivity index (χ2v) is 7.77. The zero-order chi connectivity index (χ0) is 18.8. The van der Waals surface area contributed by atoms with E-state index in [-0.39, 0.29) is 5.91 Å². The highest BCUT2D eigenvalue weighted by Gasteiger charge is 2.31. The van der Waals surface area contributed by atoms with E-state index in [0.29, 0.717) is 27.4 Å². The van der Waals surface area contributed by atoms with Crippen molar-refractivity contribution in [3.8, 4) is 11.6 Å². The van der Waals surface area contributed by atoms with E-state index in [1.54, 1.807) is 36.4 Å². The van der Waals surface area contributed by atoms with Crippen molar-refractivity contribution < 1.29 is 9.53 Å². The Hall–Kier alpha value is -1.82. The molecule has 2 aliphatic rings. The molecule has 0 bridgehead atoms. The van der Waals surface area contributed by atoms with Gasteiger partial charge in [-0.15, -0.1) is 0 Å². The van der Waals surface area contributed by atoms with Crippen LogP contribution in [0, 0.1) is 0 Å². The lowest BCUT2D eigenvalue weighted by Gasteiger charge is -2.21. The van der Waals surface area contributed by atoms with Crippen molar-refractivity contribution >= 4 is 29.1 Å². The number of aromatic nitrogens is 1. The van der Waals surface area contributed by atoms with Crippen molar-refractivity contribution in [2.45, 2.75) is 25.3 Å². The number of pyridine rings is 1. The van der Waals surface area contributed by atoms with Gasteiger partial charge < -0.3 is 9.64 Å². The number of hydrogen-bond acceptors (Lipinski definition) is 4. The Balaban J connectivity index is 1.44. The van der Waals surface area contributed by atoms with E-state index in [1.165, 1.54) is 12.8 Å². The highest BCUT2D eigenvalue weighted by atomic mass is 35.5. The average molecular weight is 406 g/mol. The monoisotopic (exact) mass is 405 g/mol. The van der Waals surface area contributed by atoms with Gasteiger partial charge in [-0.2, -0.15) is 0 Å². The van der Waals surface area contributed by atoms with E-state index < -0.39 is 0 Å². The molecule has 0 N–H and O–H groups in total. The Morgan fingerprint density at radius 1 is 1.04 bits per heavy atom. The summed E-state index contributed by atoms with van der Waals surface area (Å²) < 4.78 is 5.74. The molecule has 5 nitrogen and oxygen atoms in total. The van der Waals surface area contributed by atoms with Crippen molar-refractivity contribution in [3.05, 3.63) is 52.1 Å². The highest BCUT2D eigenvalue weighted by Crippen LogP contribution is 2.29. The van der Waals surface area contributed by atoms with Gasteiger partial charge in [0.15, 0.2) is 0 Å². The second-order valence-electron chi connectivity index (χ2n) is 6.95. The molecular formula is C20H21Cl2N3O2. The summed E-state index contributed by atoms with van der Waals surface area (Å²) in [5.41, 5.74) is 0.396. The fourth-order valence-corrected chi connectivity index (χ4v) is 3.65.